The van der Waals surface area contributed by atoms with E-state index < -0.39 is 11.5 Å². The molecular formula is C19H27FN2O3. The van der Waals surface area contributed by atoms with Crippen molar-refractivity contribution in [1.82, 2.24) is 10.2 Å². The van der Waals surface area contributed by atoms with Crippen molar-refractivity contribution in [3.8, 4) is 0 Å². The van der Waals surface area contributed by atoms with Crippen molar-refractivity contribution >= 4 is 11.9 Å². The van der Waals surface area contributed by atoms with Gasteiger partial charge < -0.3 is 10.4 Å². The van der Waals surface area contributed by atoms with Crippen LogP contribution in [0.1, 0.15) is 45.1 Å². The largest absolute Gasteiger partial charge is 0.481 e. The van der Waals surface area contributed by atoms with Gasteiger partial charge in [-0.2, -0.15) is 0 Å². The van der Waals surface area contributed by atoms with Crippen LogP contribution in [-0.2, 0) is 16.1 Å². The average Bonchev–Trinajstić information content (AvgIpc) is 2.53. The molecule has 0 saturated carbocycles. The molecule has 0 radical (unpaired) electrons. The summed E-state index contributed by atoms with van der Waals surface area (Å²) >= 11 is 0. The van der Waals surface area contributed by atoms with Crippen molar-refractivity contribution in [3.63, 3.8) is 0 Å². The first-order valence-electron chi connectivity index (χ1n) is 8.76. The van der Waals surface area contributed by atoms with E-state index in [0.29, 0.717) is 19.5 Å². The van der Waals surface area contributed by atoms with Crippen LogP contribution in [0.3, 0.4) is 0 Å². The van der Waals surface area contributed by atoms with Crippen molar-refractivity contribution < 1.29 is 19.1 Å². The third kappa shape index (κ3) is 6.46. The van der Waals surface area contributed by atoms with E-state index in [1.54, 1.807) is 6.07 Å². The number of nitrogens with one attached hydrogen (secondary N) is 1. The lowest BCUT2D eigenvalue weighted by Crippen LogP contribution is -2.50. The lowest BCUT2D eigenvalue weighted by Gasteiger charge is -2.34. The molecular weight excluding hydrogens is 323 g/mol. The van der Waals surface area contributed by atoms with Crippen LogP contribution in [0.15, 0.2) is 24.3 Å². The third-order valence-corrected chi connectivity index (χ3v) is 4.60. The van der Waals surface area contributed by atoms with E-state index in [2.05, 4.69) is 10.2 Å². The molecule has 2 rings (SSSR count). The summed E-state index contributed by atoms with van der Waals surface area (Å²) in [5, 5.41) is 11.8. The molecule has 1 amide bonds. The van der Waals surface area contributed by atoms with Crippen LogP contribution in [0, 0.1) is 11.7 Å². The highest BCUT2D eigenvalue weighted by Crippen LogP contribution is 2.21. The van der Waals surface area contributed by atoms with Gasteiger partial charge in [0, 0.05) is 25.0 Å². The van der Waals surface area contributed by atoms with Gasteiger partial charge in [0.2, 0.25) is 5.91 Å². The van der Waals surface area contributed by atoms with E-state index in [9.17, 15) is 14.0 Å². The Balaban J connectivity index is 1.89. The second kappa shape index (κ2) is 8.43. The minimum absolute atomic E-state index is 0.0284. The van der Waals surface area contributed by atoms with Gasteiger partial charge in [-0.15, -0.1) is 0 Å². The summed E-state index contributed by atoms with van der Waals surface area (Å²) in [6, 6.07) is 6.54. The maximum Gasteiger partial charge on any atom is 0.303 e. The number of hydrogen-bond donors (Lipinski definition) is 2. The molecule has 1 aliphatic heterocycles. The van der Waals surface area contributed by atoms with Gasteiger partial charge in [0.05, 0.1) is 5.92 Å². The monoisotopic (exact) mass is 350 g/mol. The van der Waals surface area contributed by atoms with E-state index in [1.165, 1.54) is 12.1 Å². The number of rotatable bonds is 7. The van der Waals surface area contributed by atoms with Gasteiger partial charge in [0.15, 0.2) is 0 Å². The Hall–Kier alpha value is -1.95. The summed E-state index contributed by atoms with van der Waals surface area (Å²) in [7, 11) is 0. The van der Waals surface area contributed by atoms with Gasteiger partial charge in [-0.3, -0.25) is 14.5 Å². The van der Waals surface area contributed by atoms with Crippen LogP contribution in [-0.4, -0.2) is 40.5 Å². The number of nitrogens with zero attached hydrogens (tertiary/aromatic N) is 1. The predicted octanol–water partition coefficient (Wildman–Crippen LogP) is 2.80. The molecule has 138 valence electrons. The molecule has 1 atom stereocenters. The van der Waals surface area contributed by atoms with Crippen LogP contribution in [0.25, 0.3) is 0 Å². The Morgan fingerprint density at radius 2 is 2.16 bits per heavy atom. The van der Waals surface area contributed by atoms with Crippen molar-refractivity contribution in [2.45, 2.75) is 51.6 Å². The van der Waals surface area contributed by atoms with Crippen LogP contribution in [0.2, 0.25) is 0 Å². The first-order valence-corrected chi connectivity index (χ1v) is 8.76. The molecule has 5 nitrogen and oxygen atoms in total. The zero-order valence-corrected chi connectivity index (χ0v) is 14.9. The zero-order valence-electron chi connectivity index (χ0n) is 14.9. The first kappa shape index (κ1) is 19.4. The van der Waals surface area contributed by atoms with Crippen molar-refractivity contribution in [1.29, 1.82) is 0 Å². The second-order valence-electron chi connectivity index (χ2n) is 7.47. The molecule has 1 heterocycles. The minimum Gasteiger partial charge on any atom is -0.481 e. The minimum atomic E-state index is -0.860. The first-order chi connectivity index (χ1) is 11.7. The van der Waals surface area contributed by atoms with Gasteiger partial charge in [0.1, 0.15) is 5.82 Å². The van der Waals surface area contributed by atoms with Crippen molar-refractivity contribution in [2.24, 2.45) is 5.92 Å². The van der Waals surface area contributed by atoms with E-state index in [-0.39, 0.29) is 24.1 Å². The lowest BCUT2D eigenvalue weighted by atomic mass is 9.93. The molecule has 0 spiro atoms. The van der Waals surface area contributed by atoms with E-state index >= 15 is 0 Å². The topological polar surface area (TPSA) is 69.6 Å². The highest BCUT2D eigenvalue weighted by atomic mass is 19.1. The Kier molecular flexibility index (Phi) is 6.53. The molecule has 25 heavy (non-hydrogen) atoms. The van der Waals surface area contributed by atoms with Crippen LogP contribution >= 0.6 is 0 Å². The lowest BCUT2D eigenvalue weighted by molar-refractivity contribution is -0.138. The Morgan fingerprint density at radius 1 is 1.40 bits per heavy atom. The number of piperidine rings is 1. The number of amides is 1. The molecule has 1 aliphatic rings. The number of aliphatic carboxylic acids is 1. The molecule has 1 aromatic carbocycles. The standard InChI is InChI=1S/C19H27FN2O3/c1-19(2,9-8-17(23)24)21-18(25)15-6-4-10-22(13-15)12-14-5-3-7-16(20)11-14/h3,5,7,11,15H,4,6,8-10,12-13H2,1-2H3,(H,21,25)(H,23,24)/t15-/m1/s1. The van der Waals surface area contributed by atoms with E-state index in [1.807, 2.05) is 19.9 Å². The molecule has 1 fully saturated rings. The Labute approximate surface area is 148 Å². The zero-order chi connectivity index (χ0) is 18.4. The van der Waals surface area contributed by atoms with Gasteiger partial charge >= 0.3 is 5.97 Å². The Bertz CT molecular complexity index is 618. The second-order valence-corrected chi connectivity index (χ2v) is 7.47. The fourth-order valence-electron chi connectivity index (χ4n) is 3.22. The van der Waals surface area contributed by atoms with E-state index in [0.717, 1.165) is 24.9 Å². The summed E-state index contributed by atoms with van der Waals surface area (Å²) < 4.78 is 13.3. The summed E-state index contributed by atoms with van der Waals surface area (Å²) in [5.74, 6) is -1.25. The maximum absolute atomic E-state index is 13.3. The number of carboxylic acid groups (broad SMARTS) is 1. The molecule has 0 unspecified atom stereocenters. The molecule has 1 aromatic rings. The van der Waals surface area contributed by atoms with Crippen LogP contribution in [0.5, 0.6) is 0 Å². The van der Waals surface area contributed by atoms with Gasteiger partial charge in [-0.25, -0.2) is 4.39 Å². The van der Waals surface area contributed by atoms with Crippen LogP contribution < -0.4 is 5.32 Å². The average molecular weight is 350 g/mol. The quantitative estimate of drug-likeness (QED) is 0.793. The molecule has 0 bridgehead atoms. The maximum atomic E-state index is 13.3. The molecule has 0 aliphatic carbocycles. The van der Waals surface area contributed by atoms with Gasteiger partial charge in [-0.1, -0.05) is 12.1 Å². The number of likely N-dealkylation sites (tertiary alicyclic amines) is 1. The highest BCUT2D eigenvalue weighted by Gasteiger charge is 2.29. The van der Waals surface area contributed by atoms with Crippen molar-refractivity contribution in [3.05, 3.63) is 35.6 Å². The number of halogens is 1. The smallest absolute Gasteiger partial charge is 0.303 e. The summed E-state index contributed by atoms with van der Waals surface area (Å²) in [4.78, 5) is 25.5. The van der Waals surface area contributed by atoms with Gasteiger partial charge in [0.25, 0.3) is 0 Å². The van der Waals surface area contributed by atoms with Gasteiger partial charge in [-0.05, 0) is 57.4 Å². The molecule has 1 saturated heterocycles. The number of carboxylic acids is 1. The summed E-state index contributed by atoms with van der Waals surface area (Å²) in [6.07, 6.45) is 2.17. The summed E-state index contributed by atoms with van der Waals surface area (Å²) in [5.41, 5.74) is 0.364. The molecule has 6 heteroatoms. The highest BCUT2D eigenvalue weighted by molar-refractivity contribution is 5.79. The van der Waals surface area contributed by atoms with E-state index in [4.69, 9.17) is 5.11 Å². The predicted molar refractivity (Wildman–Crippen MR) is 93.5 cm³/mol. The third-order valence-electron chi connectivity index (χ3n) is 4.60. The Morgan fingerprint density at radius 3 is 2.84 bits per heavy atom. The number of benzene rings is 1. The normalized spacial score (nSPS) is 18.8. The molecule has 0 aromatic heterocycles. The number of hydrogen-bond acceptors (Lipinski definition) is 3. The van der Waals surface area contributed by atoms with Crippen LogP contribution in [0.4, 0.5) is 4.39 Å². The van der Waals surface area contributed by atoms with Crippen molar-refractivity contribution in [2.75, 3.05) is 13.1 Å². The fourth-order valence-corrected chi connectivity index (χ4v) is 3.22. The SMILES string of the molecule is CC(C)(CCC(=O)O)NC(=O)[C@@H]1CCCN(Cc2cccc(F)c2)C1. The summed E-state index contributed by atoms with van der Waals surface area (Å²) in [6.45, 7) is 5.85. The molecule has 2 N–H and O–H groups in total. The number of carbonyl (C=O) groups is 2. The fraction of sp³-hybridized carbons (Fsp3) is 0.579. The number of carbonyl (C=O) groups excluding carboxylic acids is 1.